The Balaban J connectivity index is 1.39. The molecule has 0 saturated heterocycles. The summed E-state index contributed by atoms with van der Waals surface area (Å²) in [7, 11) is 0. The number of anilines is 1. The highest BCUT2D eigenvalue weighted by molar-refractivity contribution is 7.99. The third-order valence-corrected chi connectivity index (χ3v) is 6.77. The Morgan fingerprint density at radius 2 is 1.93 bits per heavy atom. The molecule has 0 spiro atoms. The number of nitrogens with one attached hydrogen (secondary N) is 1. The lowest BCUT2D eigenvalue weighted by Gasteiger charge is -2.05. The number of hydrogen-bond acceptors (Lipinski definition) is 5. The number of nitrogens with zero attached hydrogens (tertiary/aromatic N) is 1. The largest absolute Gasteiger partial charge is 0.317 e. The van der Waals surface area contributed by atoms with Gasteiger partial charge in [-0.25, -0.2) is 9.37 Å². The summed E-state index contributed by atoms with van der Waals surface area (Å²) in [6.45, 7) is 0. The van der Waals surface area contributed by atoms with Gasteiger partial charge >= 0.3 is 0 Å². The number of carbonyl (C=O) groups is 1. The highest BCUT2D eigenvalue weighted by Crippen LogP contribution is 2.37. The standard InChI is InChI=1S/C20H15FN2OS3/c21-13-5-7-14(8-6-13)25-12-10-18(24)23-19-15(9-11-26-19)20-22-16-3-1-2-4-17(16)27-20/h1-9,11H,10,12H2,(H,23,24). The predicted octanol–water partition coefficient (Wildman–Crippen LogP) is 6.28. The molecule has 0 aliphatic rings. The number of thiazole rings is 1. The molecule has 136 valence electrons. The van der Waals surface area contributed by atoms with Crippen LogP contribution in [0.3, 0.4) is 0 Å². The van der Waals surface area contributed by atoms with E-state index in [0.717, 1.165) is 30.7 Å². The van der Waals surface area contributed by atoms with Crippen molar-refractivity contribution in [2.24, 2.45) is 0 Å². The minimum absolute atomic E-state index is 0.0329. The monoisotopic (exact) mass is 414 g/mol. The van der Waals surface area contributed by atoms with Gasteiger partial charge in [0, 0.05) is 22.6 Å². The van der Waals surface area contributed by atoms with Crippen molar-refractivity contribution in [1.82, 2.24) is 4.98 Å². The molecule has 2 heterocycles. The second-order valence-corrected chi connectivity index (χ2v) is 8.87. The molecule has 4 rings (SSSR count). The van der Waals surface area contributed by atoms with Gasteiger partial charge in [-0.2, -0.15) is 0 Å². The van der Waals surface area contributed by atoms with E-state index in [4.69, 9.17) is 0 Å². The van der Waals surface area contributed by atoms with E-state index < -0.39 is 0 Å². The molecule has 0 aliphatic heterocycles. The van der Waals surface area contributed by atoms with Crippen LogP contribution in [0.15, 0.2) is 64.9 Å². The molecule has 3 nitrogen and oxygen atoms in total. The van der Waals surface area contributed by atoms with Gasteiger partial charge in [-0.05, 0) is 47.8 Å². The van der Waals surface area contributed by atoms with Crippen molar-refractivity contribution in [2.45, 2.75) is 11.3 Å². The third kappa shape index (κ3) is 4.37. The number of thiophene rings is 1. The van der Waals surface area contributed by atoms with Gasteiger partial charge in [-0.1, -0.05) is 12.1 Å². The summed E-state index contributed by atoms with van der Waals surface area (Å²) in [6.07, 6.45) is 0.388. The number of carbonyl (C=O) groups excluding carboxylic acids is 1. The van der Waals surface area contributed by atoms with Gasteiger partial charge < -0.3 is 5.32 Å². The van der Waals surface area contributed by atoms with E-state index in [1.165, 1.54) is 35.2 Å². The molecule has 7 heteroatoms. The van der Waals surface area contributed by atoms with Crippen molar-refractivity contribution in [3.8, 4) is 10.6 Å². The van der Waals surface area contributed by atoms with Gasteiger partial charge in [0.05, 0.1) is 10.2 Å². The summed E-state index contributed by atoms with van der Waals surface area (Å²) in [6, 6.07) is 16.3. The number of hydrogen-bond donors (Lipinski definition) is 1. The molecule has 0 radical (unpaired) electrons. The van der Waals surface area contributed by atoms with Crippen LogP contribution in [0.1, 0.15) is 6.42 Å². The van der Waals surface area contributed by atoms with Crippen LogP contribution in [0.5, 0.6) is 0 Å². The lowest BCUT2D eigenvalue weighted by atomic mass is 10.3. The zero-order chi connectivity index (χ0) is 18.6. The second-order valence-electron chi connectivity index (χ2n) is 5.75. The summed E-state index contributed by atoms with van der Waals surface area (Å²) >= 11 is 4.66. The molecule has 0 atom stereocenters. The fourth-order valence-electron chi connectivity index (χ4n) is 2.54. The molecule has 0 saturated carbocycles. The first kappa shape index (κ1) is 18.2. The number of para-hydroxylation sites is 1. The fraction of sp³-hybridized carbons (Fsp3) is 0.100. The molecule has 0 unspecified atom stereocenters. The first-order chi connectivity index (χ1) is 13.2. The molecule has 0 aliphatic carbocycles. The highest BCUT2D eigenvalue weighted by Gasteiger charge is 2.14. The summed E-state index contributed by atoms with van der Waals surface area (Å²) in [5.41, 5.74) is 1.93. The van der Waals surface area contributed by atoms with Crippen LogP contribution in [0.25, 0.3) is 20.8 Å². The van der Waals surface area contributed by atoms with Crippen molar-refractivity contribution in [2.75, 3.05) is 11.1 Å². The van der Waals surface area contributed by atoms with Crippen LogP contribution in [0, 0.1) is 5.82 Å². The molecule has 0 fully saturated rings. The molecule has 1 N–H and O–H groups in total. The first-order valence-corrected chi connectivity index (χ1v) is 11.0. The highest BCUT2D eigenvalue weighted by atomic mass is 32.2. The summed E-state index contributed by atoms with van der Waals surface area (Å²) in [4.78, 5) is 17.9. The lowest BCUT2D eigenvalue weighted by molar-refractivity contribution is -0.115. The first-order valence-electron chi connectivity index (χ1n) is 8.31. The normalized spacial score (nSPS) is 11.0. The van der Waals surface area contributed by atoms with E-state index in [1.54, 1.807) is 23.5 Å². The second kappa shape index (κ2) is 8.21. The van der Waals surface area contributed by atoms with Gasteiger partial charge in [0.1, 0.15) is 15.8 Å². The van der Waals surface area contributed by atoms with Crippen LogP contribution in [-0.4, -0.2) is 16.6 Å². The number of fused-ring (bicyclic) bond motifs is 1. The van der Waals surface area contributed by atoms with Crippen LogP contribution < -0.4 is 5.32 Å². The van der Waals surface area contributed by atoms with Crippen molar-refractivity contribution in [3.05, 3.63) is 65.8 Å². The quantitative estimate of drug-likeness (QED) is 0.377. The Labute approximate surface area is 168 Å². The third-order valence-electron chi connectivity index (χ3n) is 3.85. The summed E-state index contributed by atoms with van der Waals surface area (Å²) in [5.74, 6) is 0.353. The minimum Gasteiger partial charge on any atom is -0.317 e. The summed E-state index contributed by atoms with van der Waals surface area (Å²) in [5, 5.41) is 6.70. The minimum atomic E-state index is -0.253. The molecular weight excluding hydrogens is 399 g/mol. The van der Waals surface area contributed by atoms with E-state index >= 15 is 0 Å². The van der Waals surface area contributed by atoms with Gasteiger partial charge in [-0.3, -0.25) is 4.79 Å². The van der Waals surface area contributed by atoms with E-state index in [-0.39, 0.29) is 11.7 Å². The average molecular weight is 415 g/mol. The number of rotatable bonds is 6. The van der Waals surface area contributed by atoms with Crippen LogP contribution in [-0.2, 0) is 4.79 Å². The summed E-state index contributed by atoms with van der Waals surface area (Å²) < 4.78 is 14.0. The maximum atomic E-state index is 12.9. The lowest BCUT2D eigenvalue weighted by Crippen LogP contribution is -2.11. The Hall–Kier alpha value is -2.22. The van der Waals surface area contributed by atoms with Crippen molar-refractivity contribution in [1.29, 1.82) is 0 Å². The SMILES string of the molecule is O=C(CCSc1ccc(F)cc1)Nc1sccc1-c1nc2ccccc2s1. The van der Waals surface area contributed by atoms with E-state index in [2.05, 4.69) is 10.3 Å². The topological polar surface area (TPSA) is 42.0 Å². The molecular formula is C20H15FN2OS3. The van der Waals surface area contributed by atoms with Crippen LogP contribution in [0.2, 0.25) is 0 Å². The molecule has 2 aromatic carbocycles. The Morgan fingerprint density at radius 3 is 2.74 bits per heavy atom. The molecule has 2 aromatic heterocycles. The average Bonchev–Trinajstić information content (AvgIpc) is 3.29. The molecule has 4 aromatic rings. The zero-order valence-electron chi connectivity index (χ0n) is 14.1. The maximum absolute atomic E-state index is 12.9. The zero-order valence-corrected chi connectivity index (χ0v) is 16.6. The smallest absolute Gasteiger partial charge is 0.225 e. The van der Waals surface area contributed by atoms with Gasteiger partial charge in [0.25, 0.3) is 0 Å². The molecule has 1 amide bonds. The van der Waals surface area contributed by atoms with E-state index in [9.17, 15) is 9.18 Å². The maximum Gasteiger partial charge on any atom is 0.225 e. The van der Waals surface area contributed by atoms with Crippen molar-refractivity contribution in [3.63, 3.8) is 0 Å². The van der Waals surface area contributed by atoms with Gasteiger partial charge in [0.15, 0.2) is 0 Å². The number of thioether (sulfide) groups is 1. The molecule has 27 heavy (non-hydrogen) atoms. The van der Waals surface area contributed by atoms with Gasteiger partial charge in [-0.15, -0.1) is 34.4 Å². The fourth-order valence-corrected chi connectivity index (χ4v) is 5.26. The predicted molar refractivity (Wildman–Crippen MR) is 113 cm³/mol. The van der Waals surface area contributed by atoms with E-state index in [0.29, 0.717) is 12.2 Å². The van der Waals surface area contributed by atoms with Crippen molar-refractivity contribution < 1.29 is 9.18 Å². The van der Waals surface area contributed by atoms with Crippen LogP contribution in [0.4, 0.5) is 9.39 Å². The van der Waals surface area contributed by atoms with E-state index in [1.807, 2.05) is 35.7 Å². The number of benzene rings is 2. The number of aromatic nitrogens is 1. The molecule has 0 bridgehead atoms. The van der Waals surface area contributed by atoms with Gasteiger partial charge in [0.2, 0.25) is 5.91 Å². The van der Waals surface area contributed by atoms with Crippen molar-refractivity contribution >= 4 is 55.6 Å². The van der Waals surface area contributed by atoms with Crippen LogP contribution >= 0.6 is 34.4 Å². The Morgan fingerprint density at radius 1 is 1.11 bits per heavy atom. The number of amides is 1. The Bertz CT molecular complexity index is 1040. The Kier molecular flexibility index (Phi) is 5.52. The number of halogens is 1.